The van der Waals surface area contributed by atoms with Gasteiger partial charge in [0.15, 0.2) is 0 Å². The maximum atomic E-state index is 12.0. The summed E-state index contributed by atoms with van der Waals surface area (Å²) in [6.45, 7) is 2.98. The van der Waals surface area contributed by atoms with Crippen molar-refractivity contribution in [3.63, 3.8) is 0 Å². The van der Waals surface area contributed by atoms with Gasteiger partial charge in [-0.2, -0.15) is 5.10 Å². The first kappa shape index (κ1) is 14.3. The summed E-state index contributed by atoms with van der Waals surface area (Å²) in [6.07, 6.45) is 3.10. The molecule has 5 nitrogen and oxygen atoms in total. The number of nitrogens with zero attached hydrogens (tertiary/aromatic N) is 2. The van der Waals surface area contributed by atoms with Crippen LogP contribution in [-0.2, 0) is 11.8 Å². The number of aromatic nitrogens is 2. The molecule has 0 saturated carbocycles. The average Bonchev–Trinajstić information content (AvgIpc) is 2.91. The first-order valence-corrected chi connectivity index (χ1v) is 6.64. The molecule has 0 aliphatic rings. The minimum absolute atomic E-state index is 0.137. The van der Waals surface area contributed by atoms with Crippen LogP contribution >= 0.6 is 0 Å². The zero-order valence-electron chi connectivity index (χ0n) is 11.7. The highest BCUT2D eigenvalue weighted by Crippen LogP contribution is 2.16. The van der Waals surface area contributed by atoms with Crippen LogP contribution in [0.1, 0.15) is 28.9 Å². The molecule has 0 radical (unpaired) electrons. The van der Waals surface area contributed by atoms with Gasteiger partial charge in [0.1, 0.15) is 0 Å². The third kappa shape index (κ3) is 3.68. The van der Waals surface area contributed by atoms with Gasteiger partial charge in [0.2, 0.25) is 0 Å². The Labute approximate surface area is 118 Å². The molecule has 0 saturated heterocycles. The molecule has 0 aliphatic carbocycles. The van der Waals surface area contributed by atoms with Crippen LogP contribution in [0.25, 0.3) is 0 Å². The molecule has 1 aromatic heterocycles. The molecule has 0 unspecified atom stereocenters. The lowest BCUT2D eigenvalue weighted by atomic mass is 10.1. The Balaban J connectivity index is 1.97. The zero-order chi connectivity index (χ0) is 14.4. The first-order valence-electron chi connectivity index (χ1n) is 6.64. The quantitative estimate of drug-likeness (QED) is 0.875. The summed E-state index contributed by atoms with van der Waals surface area (Å²) < 4.78 is 7.29. The van der Waals surface area contributed by atoms with Gasteiger partial charge < -0.3 is 10.1 Å². The third-order valence-corrected chi connectivity index (χ3v) is 2.95. The SMILES string of the molecule is CCO[C@H](CNC(=O)c1cnn(C)c1)c1ccccc1. The number of carbonyl (C=O) groups excluding carboxylic acids is 1. The molecule has 0 fully saturated rings. The molecule has 1 amide bonds. The smallest absolute Gasteiger partial charge is 0.254 e. The summed E-state index contributed by atoms with van der Waals surface area (Å²) in [6, 6.07) is 9.88. The fourth-order valence-electron chi connectivity index (χ4n) is 1.97. The van der Waals surface area contributed by atoms with Gasteiger partial charge in [-0.05, 0) is 12.5 Å². The predicted octanol–water partition coefficient (Wildman–Crippen LogP) is 1.93. The van der Waals surface area contributed by atoms with E-state index in [1.54, 1.807) is 24.1 Å². The topological polar surface area (TPSA) is 56.1 Å². The van der Waals surface area contributed by atoms with Gasteiger partial charge in [0.25, 0.3) is 5.91 Å². The minimum atomic E-state index is -0.140. The molecule has 0 bridgehead atoms. The lowest BCUT2D eigenvalue weighted by Gasteiger charge is -2.17. The Bertz CT molecular complexity index is 551. The van der Waals surface area contributed by atoms with Crippen LogP contribution in [0.3, 0.4) is 0 Å². The molecular formula is C15H19N3O2. The standard InChI is InChI=1S/C15H19N3O2/c1-3-20-14(12-7-5-4-6-8-12)10-16-15(19)13-9-17-18(2)11-13/h4-9,11,14H,3,10H2,1-2H3,(H,16,19)/t14-/m1/s1. The molecule has 1 atom stereocenters. The van der Waals surface area contributed by atoms with Crippen LogP contribution < -0.4 is 5.32 Å². The Morgan fingerprint density at radius 2 is 2.15 bits per heavy atom. The van der Waals surface area contributed by atoms with E-state index in [-0.39, 0.29) is 12.0 Å². The number of hydrogen-bond donors (Lipinski definition) is 1. The number of amides is 1. The van der Waals surface area contributed by atoms with E-state index in [9.17, 15) is 4.79 Å². The summed E-state index contributed by atoms with van der Waals surface area (Å²) in [4.78, 5) is 12.0. The summed E-state index contributed by atoms with van der Waals surface area (Å²) in [5, 5.41) is 6.86. The van der Waals surface area contributed by atoms with Gasteiger partial charge in [-0.25, -0.2) is 0 Å². The Kier molecular flexibility index (Phi) is 4.90. The number of aryl methyl sites for hydroxylation is 1. The van der Waals surface area contributed by atoms with Crippen molar-refractivity contribution in [2.45, 2.75) is 13.0 Å². The molecule has 5 heteroatoms. The molecule has 0 spiro atoms. The van der Waals surface area contributed by atoms with Crippen molar-refractivity contribution in [2.75, 3.05) is 13.2 Å². The number of hydrogen-bond acceptors (Lipinski definition) is 3. The van der Waals surface area contributed by atoms with Crippen molar-refractivity contribution < 1.29 is 9.53 Å². The third-order valence-electron chi connectivity index (χ3n) is 2.95. The summed E-state index contributed by atoms with van der Waals surface area (Å²) in [5.74, 6) is -0.140. The minimum Gasteiger partial charge on any atom is -0.372 e. The van der Waals surface area contributed by atoms with Crippen LogP contribution in [0.15, 0.2) is 42.7 Å². The van der Waals surface area contributed by atoms with Crippen LogP contribution in [-0.4, -0.2) is 28.8 Å². The fourth-order valence-corrected chi connectivity index (χ4v) is 1.97. The normalized spacial score (nSPS) is 12.1. The highest BCUT2D eigenvalue weighted by molar-refractivity contribution is 5.93. The van der Waals surface area contributed by atoms with E-state index in [4.69, 9.17) is 4.74 Å². The molecule has 2 aromatic rings. The number of benzene rings is 1. The second-order valence-corrected chi connectivity index (χ2v) is 4.47. The van der Waals surface area contributed by atoms with Crippen molar-refractivity contribution >= 4 is 5.91 Å². The average molecular weight is 273 g/mol. The van der Waals surface area contributed by atoms with Gasteiger partial charge in [0.05, 0.1) is 17.9 Å². The molecule has 2 rings (SSSR count). The molecule has 0 aliphatic heterocycles. The van der Waals surface area contributed by atoms with Crippen molar-refractivity contribution in [2.24, 2.45) is 7.05 Å². The van der Waals surface area contributed by atoms with Gasteiger partial charge in [-0.1, -0.05) is 30.3 Å². The van der Waals surface area contributed by atoms with Crippen molar-refractivity contribution in [3.8, 4) is 0 Å². The zero-order valence-corrected chi connectivity index (χ0v) is 11.7. The second-order valence-electron chi connectivity index (χ2n) is 4.47. The number of carbonyl (C=O) groups is 1. The number of nitrogens with one attached hydrogen (secondary N) is 1. The van der Waals surface area contributed by atoms with Crippen LogP contribution in [0.2, 0.25) is 0 Å². The van der Waals surface area contributed by atoms with E-state index in [1.807, 2.05) is 37.3 Å². The summed E-state index contributed by atoms with van der Waals surface area (Å²) in [7, 11) is 1.78. The van der Waals surface area contributed by atoms with Gasteiger partial charge in [0, 0.05) is 26.4 Å². The first-order chi connectivity index (χ1) is 9.70. The van der Waals surface area contributed by atoms with Gasteiger partial charge >= 0.3 is 0 Å². The number of rotatable bonds is 6. The summed E-state index contributed by atoms with van der Waals surface area (Å²) in [5.41, 5.74) is 1.61. The lowest BCUT2D eigenvalue weighted by Crippen LogP contribution is -2.29. The van der Waals surface area contributed by atoms with Gasteiger partial charge in [-0.15, -0.1) is 0 Å². The summed E-state index contributed by atoms with van der Waals surface area (Å²) >= 11 is 0. The van der Waals surface area contributed by atoms with Gasteiger partial charge in [-0.3, -0.25) is 9.48 Å². The molecular weight excluding hydrogens is 254 g/mol. The van der Waals surface area contributed by atoms with Crippen LogP contribution in [0, 0.1) is 0 Å². The largest absolute Gasteiger partial charge is 0.372 e. The second kappa shape index (κ2) is 6.86. The highest BCUT2D eigenvalue weighted by atomic mass is 16.5. The van der Waals surface area contributed by atoms with E-state index >= 15 is 0 Å². The maximum absolute atomic E-state index is 12.0. The Morgan fingerprint density at radius 3 is 2.75 bits per heavy atom. The van der Waals surface area contributed by atoms with E-state index in [2.05, 4.69) is 10.4 Å². The monoisotopic (exact) mass is 273 g/mol. The van der Waals surface area contributed by atoms with E-state index in [1.165, 1.54) is 0 Å². The van der Waals surface area contributed by atoms with Crippen molar-refractivity contribution in [1.82, 2.24) is 15.1 Å². The van der Waals surface area contributed by atoms with E-state index < -0.39 is 0 Å². The molecule has 1 aromatic carbocycles. The Hall–Kier alpha value is -2.14. The van der Waals surface area contributed by atoms with E-state index in [0.29, 0.717) is 18.7 Å². The molecule has 106 valence electrons. The fraction of sp³-hybridized carbons (Fsp3) is 0.333. The molecule has 1 heterocycles. The maximum Gasteiger partial charge on any atom is 0.254 e. The van der Waals surface area contributed by atoms with Crippen LogP contribution in [0.5, 0.6) is 0 Å². The van der Waals surface area contributed by atoms with Crippen molar-refractivity contribution in [1.29, 1.82) is 0 Å². The van der Waals surface area contributed by atoms with Crippen LogP contribution in [0.4, 0.5) is 0 Å². The highest BCUT2D eigenvalue weighted by Gasteiger charge is 2.14. The molecule has 1 N–H and O–H groups in total. The van der Waals surface area contributed by atoms with E-state index in [0.717, 1.165) is 5.56 Å². The Morgan fingerprint density at radius 1 is 1.40 bits per heavy atom. The number of ether oxygens (including phenoxy) is 1. The predicted molar refractivity (Wildman–Crippen MR) is 76.4 cm³/mol. The lowest BCUT2D eigenvalue weighted by molar-refractivity contribution is 0.0586. The van der Waals surface area contributed by atoms with Crippen molar-refractivity contribution in [3.05, 3.63) is 53.9 Å². The molecule has 20 heavy (non-hydrogen) atoms.